The van der Waals surface area contributed by atoms with Crippen LogP contribution >= 0.6 is 23.2 Å². The quantitative estimate of drug-likeness (QED) is 0.756. The third-order valence-corrected chi connectivity index (χ3v) is 4.66. The Morgan fingerprint density at radius 1 is 1.26 bits per heavy atom. The summed E-state index contributed by atoms with van der Waals surface area (Å²) < 4.78 is 25.5. The fourth-order valence-electron chi connectivity index (χ4n) is 1.48. The third kappa shape index (κ3) is 4.09. The number of sulfonamides is 1. The third-order valence-electron chi connectivity index (χ3n) is 2.48. The molecule has 7 heteroatoms. The Hall–Kier alpha value is -0.780. The molecule has 19 heavy (non-hydrogen) atoms. The molecule has 0 bridgehead atoms. The molecule has 0 saturated heterocycles. The molecule has 1 rings (SSSR count). The van der Waals surface area contributed by atoms with E-state index in [9.17, 15) is 13.2 Å². The molecule has 0 heterocycles. The molecule has 0 atom stereocenters. The summed E-state index contributed by atoms with van der Waals surface area (Å²) in [5.41, 5.74) is 0. The van der Waals surface area contributed by atoms with Crippen LogP contribution < -0.4 is 0 Å². The maximum atomic E-state index is 12.4. The lowest BCUT2D eigenvalue weighted by atomic mass is 10.3. The number of hydrogen-bond donors (Lipinski definition) is 0. The second kappa shape index (κ2) is 7.12. The van der Waals surface area contributed by atoms with Crippen molar-refractivity contribution in [1.29, 1.82) is 0 Å². The number of amides is 1. The number of benzene rings is 1. The normalized spacial score (nSPS) is 11.6. The van der Waals surface area contributed by atoms with Crippen LogP contribution in [0.5, 0.6) is 0 Å². The number of unbranched alkanes of at least 4 members (excludes halogenated alkanes) is 1. The van der Waals surface area contributed by atoms with E-state index in [0.717, 1.165) is 10.7 Å². The molecule has 0 aromatic heterocycles. The van der Waals surface area contributed by atoms with Crippen LogP contribution in [-0.2, 0) is 14.8 Å². The molecule has 0 saturated carbocycles. The molecule has 4 nitrogen and oxygen atoms in total. The van der Waals surface area contributed by atoms with E-state index in [4.69, 9.17) is 23.2 Å². The van der Waals surface area contributed by atoms with Crippen LogP contribution in [-0.4, -0.2) is 30.0 Å². The van der Waals surface area contributed by atoms with Crippen LogP contribution in [0.3, 0.4) is 0 Å². The molecule has 1 aromatic carbocycles. The zero-order valence-corrected chi connectivity index (χ0v) is 12.7. The monoisotopic (exact) mass is 323 g/mol. The van der Waals surface area contributed by atoms with Crippen LogP contribution in [0.15, 0.2) is 35.2 Å². The van der Waals surface area contributed by atoms with Gasteiger partial charge in [-0.2, -0.15) is 0 Å². The lowest BCUT2D eigenvalue weighted by Gasteiger charge is -2.22. The topological polar surface area (TPSA) is 54.5 Å². The second-order valence-electron chi connectivity index (χ2n) is 3.88. The first kappa shape index (κ1) is 16.3. The van der Waals surface area contributed by atoms with Crippen LogP contribution in [0.4, 0.5) is 0 Å². The molecule has 0 aliphatic rings. The minimum absolute atomic E-state index is 0.0495. The average Bonchev–Trinajstić information content (AvgIpc) is 2.39. The van der Waals surface area contributed by atoms with Crippen molar-refractivity contribution in [3.8, 4) is 0 Å². The Labute approximate surface area is 123 Å². The van der Waals surface area contributed by atoms with Gasteiger partial charge in [0, 0.05) is 6.54 Å². The molecule has 1 amide bonds. The first-order valence-corrected chi connectivity index (χ1v) is 8.12. The van der Waals surface area contributed by atoms with Crippen molar-refractivity contribution in [3.63, 3.8) is 0 Å². The van der Waals surface area contributed by atoms with E-state index in [0.29, 0.717) is 6.42 Å². The number of nitrogens with zero attached hydrogens (tertiary/aromatic N) is 1. The molecule has 1 aromatic rings. The van der Waals surface area contributed by atoms with E-state index >= 15 is 0 Å². The van der Waals surface area contributed by atoms with Gasteiger partial charge in [-0.25, -0.2) is 12.7 Å². The summed E-state index contributed by atoms with van der Waals surface area (Å²) in [5.74, 6) is -0.819. The number of carbonyl (C=O) groups excluding carboxylic acids is 1. The highest BCUT2D eigenvalue weighted by Gasteiger charge is 2.31. The SMILES string of the molecule is CCCCN(C(=O)C(Cl)Cl)S(=O)(=O)c1ccccc1. The lowest BCUT2D eigenvalue weighted by molar-refractivity contribution is -0.124. The fraction of sp³-hybridized carbons (Fsp3) is 0.417. The Kier molecular flexibility index (Phi) is 6.10. The minimum Gasteiger partial charge on any atom is -0.271 e. The number of alkyl halides is 2. The van der Waals surface area contributed by atoms with Crippen LogP contribution in [0, 0.1) is 0 Å². The van der Waals surface area contributed by atoms with Crippen molar-refractivity contribution < 1.29 is 13.2 Å². The van der Waals surface area contributed by atoms with Crippen LogP contribution in [0.25, 0.3) is 0 Å². The molecule has 0 aliphatic heterocycles. The Bertz CT molecular complexity index is 517. The highest BCUT2D eigenvalue weighted by Crippen LogP contribution is 2.19. The van der Waals surface area contributed by atoms with Crippen LogP contribution in [0.1, 0.15) is 19.8 Å². The molecule has 0 radical (unpaired) electrons. The van der Waals surface area contributed by atoms with Gasteiger partial charge in [0.1, 0.15) is 0 Å². The van der Waals surface area contributed by atoms with Crippen LogP contribution in [0.2, 0.25) is 0 Å². The first-order chi connectivity index (χ1) is 8.91. The van der Waals surface area contributed by atoms with E-state index in [1.165, 1.54) is 12.1 Å². The van der Waals surface area contributed by atoms with Gasteiger partial charge in [-0.1, -0.05) is 54.7 Å². The van der Waals surface area contributed by atoms with E-state index < -0.39 is 20.8 Å². The maximum Gasteiger partial charge on any atom is 0.269 e. The first-order valence-electron chi connectivity index (χ1n) is 5.81. The summed E-state index contributed by atoms with van der Waals surface area (Å²) in [6.07, 6.45) is 1.31. The number of hydrogen-bond acceptors (Lipinski definition) is 3. The number of carbonyl (C=O) groups is 1. The summed E-state index contributed by atoms with van der Waals surface area (Å²) in [6.45, 7) is 1.97. The second-order valence-corrected chi connectivity index (χ2v) is 6.84. The van der Waals surface area contributed by atoms with Crippen molar-refractivity contribution in [1.82, 2.24) is 4.31 Å². The van der Waals surface area contributed by atoms with Gasteiger partial charge in [-0.15, -0.1) is 0 Å². The van der Waals surface area contributed by atoms with Gasteiger partial charge >= 0.3 is 0 Å². The molecule has 0 spiro atoms. The predicted molar refractivity (Wildman–Crippen MR) is 75.7 cm³/mol. The largest absolute Gasteiger partial charge is 0.271 e. The lowest BCUT2D eigenvalue weighted by Crippen LogP contribution is -2.40. The van der Waals surface area contributed by atoms with Gasteiger partial charge in [0.15, 0.2) is 4.84 Å². The smallest absolute Gasteiger partial charge is 0.269 e. The molecule has 0 fully saturated rings. The number of rotatable bonds is 6. The van der Waals surface area contributed by atoms with Crippen molar-refractivity contribution >= 4 is 39.1 Å². The summed E-state index contributed by atoms with van der Waals surface area (Å²) in [6, 6.07) is 7.74. The molecule has 0 unspecified atom stereocenters. The van der Waals surface area contributed by atoms with Gasteiger partial charge < -0.3 is 0 Å². The fourth-order valence-corrected chi connectivity index (χ4v) is 3.30. The van der Waals surface area contributed by atoms with Crippen molar-refractivity contribution in [2.24, 2.45) is 0 Å². The molecule has 0 N–H and O–H groups in total. The summed E-state index contributed by atoms with van der Waals surface area (Å²) in [7, 11) is -3.90. The summed E-state index contributed by atoms with van der Waals surface area (Å²) in [4.78, 5) is 10.5. The van der Waals surface area contributed by atoms with E-state index in [2.05, 4.69) is 0 Å². The van der Waals surface area contributed by atoms with Gasteiger partial charge in [0.05, 0.1) is 4.90 Å². The molecular weight excluding hydrogens is 309 g/mol. The maximum absolute atomic E-state index is 12.4. The summed E-state index contributed by atoms with van der Waals surface area (Å²) >= 11 is 11.0. The Morgan fingerprint density at radius 2 is 1.84 bits per heavy atom. The average molecular weight is 324 g/mol. The van der Waals surface area contributed by atoms with Crippen molar-refractivity contribution in [3.05, 3.63) is 30.3 Å². The number of halogens is 2. The Balaban J connectivity index is 3.13. The standard InChI is InChI=1S/C12H15Cl2NO3S/c1-2-3-9-15(12(16)11(13)14)19(17,18)10-7-5-4-6-8-10/h4-8,11H,2-3,9H2,1H3. The molecule has 106 valence electrons. The zero-order valence-electron chi connectivity index (χ0n) is 10.4. The zero-order chi connectivity index (χ0) is 14.5. The van der Waals surface area contributed by atoms with E-state index in [1.54, 1.807) is 18.2 Å². The Morgan fingerprint density at radius 3 is 2.32 bits per heavy atom. The van der Waals surface area contributed by atoms with Crippen molar-refractivity contribution in [2.45, 2.75) is 29.5 Å². The summed E-state index contributed by atoms with van der Waals surface area (Å²) in [5, 5.41) is 0. The van der Waals surface area contributed by atoms with Gasteiger partial charge in [0.25, 0.3) is 15.9 Å². The predicted octanol–water partition coefficient (Wildman–Crippen LogP) is 2.81. The van der Waals surface area contributed by atoms with E-state index in [-0.39, 0.29) is 11.4 Å². The highest BCUT2D eigenvalue weighted by molar-refractivity contribution is 7.89. The molecular formula is C12H15Cl2NO3S. The van der Waals surface area contributed by atoms with Gasteiger partial charge in [0.2, 0.25) is 0 Å². The van der Waals surface area contributed by atoms with E-state index in [1.807, 2.05) is 6.92 Å². The van der Waals surface area contributed by atoms with Gasteiger partial charge in [-0.05, 0) is 18.6 Å². The highest BCUT2D eigenvalue weighted by atomic mass is 35.5. The minimum atomic E-state index is -3.90. The van der Waals surface area contributed by atoms with Crippen molar-refractivity contribution in [2.75, 3.05) is 6.54 Å². The van der Waals surface area contributed by atoms with Gasteiger partial charge in [-0.3, -0.25) is 4.79 Å². The molecule has 0 aliphatic carbocycles.